The Hall–Kier alpha value is -1.84. The topological polar surface area (TPSA) is 40.5 Å². The summed E-state index contributed by atoms with van der Waals surface area (Å²) in [6, 6.07) is 4.66. The van der Waals surface area contributed by atoms with E-state index in [9.17, 15) is 9.18 Å². The number of carboxylic acids is 1. The number of rotatable bonds is 7. The van der Waals surface area contributed by atoms with Crippen LogP contribution in [0.3, 0.4) is 0 Å². The number of carbonyl (C=O) groups is 1. The summed E-state index contributed by atoms with van der Waals surface area (Å²) >= 11 is 0. The Labute approximate surface area is 124 Å². The highest BCUT2D eigenvalue weighted by Crippen LogP contribution is 2.37. The Morgan fingerprint density at radius 2 is 1.86 bits per heavy atom. The molecule has 2 saturated carbocycles. The molecule has 2 aliphatic rings. The lowest BCUT2D eigenvalue weighted by Crippen LogP contribution is -2.28. The van der Waals surface area contributed by atoms with Crippen molar-refractivity contribution in [1.29, 1.82) is 0 Å². The van der Waals surface area contributed by atoms with Gasteiger partial charge in [0.25, 0.3) is 0 Å². The Kier molecular flexibility index (Phi) is 3.95. The first-order valence-electron chi connectivity index (χ1n) is 7.57. The van der Waals surface area contributed by atoms with E-state index >= 15 is 0 Å². The molecule has 0 saturated heterocycles. The van der Waals surface area contributed by atoms with Gasteiger partial charge in [-0.1, -0.05) is 0 Å². The second-order valence-electron chi connectivity index (χ2n) is 6.17. The summed E-state index contributed by atoms with van der Waals surface area (Å²) < 4.78 is 13.5. The van der Waals surface area contributed by atoms with Gasteiger partial charge < -0.3 is 10.0 Å². The van der Waals surface area contributed by atoms with Gasteiger partial charge in [0.05, 0.1) is 0 Å². The summed E-state index contributed by atoms with van der Waals surface area (Å²) in [6.45, 7) is 1.99. The third-order valence-electron chi connectivity index (χ3n) is 4.09. The maximum atomic E-state index is 13.5. The van der Waals surface area contributed by atoms with E-state index in [1.165, 1.54) is 43.9 Å². The number of aliphatic carboxylic acids is 1. The maximum absolute atomic E-state index is 13.5. The van der Waals surface area contributed by atoms with Gasteiger partial charge in [-0.3, -0.25) is 0 Å². The Morgan fingerprint density at radius 3 is 2.38 bits per heavy atom. The van der Waals surface area contributed by atoms with Crippen molar-refractivity contribution in [3.8, 4) is 0 Å². The van der Waals surface area contributed by atoms with Gasteiger partial charge in [-0.2, -0.15) is 0 Å². The molecule has 0 aliphatic heterocycles. The molecule has 0 amide bonds. The van der Waals surface area contributed by atoms with Crippen molar-refractivity contribution in [2.75, 3.05) is 18.0 Å². The first kappa shape index (κ1) is 14.1. The van der Waals surface area contributed by atoms with Crippen LogP contribution in [0.4, 0.5) is 10.1 Å². The molecule has 0 bridgehead atoms. The number of carboxylic acid groups (broad SMARTS) is 1. The molecule has 1 aromatic rings. The zero-order chi connectivity index (χ0) is 14.8. The van der Waals surface area contributed by atoms with Crippen LogP contribution < -0.4 is 4.90 Å². The third kappa shape index (κ3) is 4.06. The average molecular weight is 289 g/mol. The van der Waals surface area contributed by atoms with Gasteiger partial charge in [0.15, 0.2) is 0 Å². The summed E-state index contributed by atoms with van der Waals surface area (Å²) in [6.07, 6.45) is 7.63. The standard InChI is InChI=1S/C17H20FNO2/c18-15-6-7-16(14(9-15)5-8-17(20)21)19(10-12-1-2-12)11-13-3-4-13/h5-9,12-13H,1-4,10-11H2,(H,20,21). The van der Waals surface area contributed by atoms with Gasteiger partial charge in [-0.15, -0.1) is 0 Å². The zero-order valence-corrected chi connectivity index (χ0v) is 12.0. The van der Waals surface area contributed by atoms with Gasteiger partial charge in [-0.25, -0.2) is 9.18 Å². The number of hydrogen-bond donors (Lipinski definition) is 1. The monoisotopic (exact) mass is 289 g/mol. The second kappa shape index (κ2) is 5.88. The molecule has 21 heavy (non-hydrogen) atoms. The molecule has 3 nitrogen and oxygen atoms in total. The SMILES string of the molecule is O=C(O)C=Cc1cc(F)ccc1N(CC1CC1)CC1CC1. The molecule has 0 atom stereocenters. The lowest BCUT2D eigenvalue weighted by atomic mass is 10.1. The van der Waals surface area contributed by atoms with Gasteiger partial charge in [0.1, 0.15) is 5.82 Å². The fraction of sp³-hybridized carbons (Fsp3) is 0.471. The van der Waals surface area contributed by atoms with Crippen molar-refractivity contribution in [2.45, 2.75) is 25.7 Å². The van der Waals surface area contributed by atoms with Crippen molar-refractivity contribution in [1.82, 2.24) is 0 Å². The van der Waals surface area contributed by atoms with Crippen LogP contribution in [0.25, 0.3) is 6.08 Å². The normalized spacial score (nSPS) is 18.1. The molecule has 1 N–H and O–H groups in total. The first-order chi connectivity index (χ1) is 10.1. The van der Waals surface area contributed by atoms with E-state index < -0.39 is 5.97 Å². The lowest BCUT2D eigenvalue weighted by Gasteiger charge is -2.26. The van der Waals surface area contributed by atoms with E-state index in [0.29, 0.717) is 5.56 Å². The van der Waals surface area contributed by atoms with Crippen LogP contribution in [0.2, 0.25) is 0 Å². The summed E-state index contributed by atoms with van der Waals surface area (Å²) in [5.74, 6) is 0.137. The van der Waals surface area contributed by atoms with Crippen LogP contribution in [0.5, 0.6) is 0 Å². The van der Waals surface area contributed by atoms with Crippen LogP contribution in [0, 0.1) is 17.7 Å². The molecule has 0 radical (unpaired) electrons. The summed E-state index contributed by atoms with van der Waals surface area (Å²) in [7, 11) is 0. The minimum atomic E-state index is -1.01. The molecule has 3 rings (SSSR count). The molecule has 112 valence electrons. The number of anilines is 1. The number of hydrogen-bond acceptors (Lipinski definition) is 2. The highest BCUT2D eigenvalue weighted by atomic mass is 19.1. The van der Waals surface area contributed by atoms with Crippen molar-refractivity contribution in [3.05, 3.63) is 35.7 Å². The summed E-state index contributed by atoms with van der Waals surface area (Å²) in [5, 5.41) is 8.79. The first-order valence-corrected chi connectivity index (χ1v) is 7.57. The van der Waals surface area contributed by atoms with E-state index in [-0.39, 0.29) is 5.82 Å². The minimum Gasteiger partial charge on any atom is -0.478 e. The van der Waals surface area contributed by atoms with Crippen molar-refractivity contribution < 1.29 is 14.3 Å². The smallest absolute Gasteiger partial charge is 0.328 e. The van der Waals surface area contributed by atoms with Crippen LogP contribution >= 0.6 is 0 Å². The predicted molar refractivity (Wildman–Crippen MR) is 80.7 cm³/mol. The Morgan fingerprint density at radius 1 is 1.24 bits per heavy atom. The Bertz CT molecular complexity index is 548. The molecule has 0 spiro atoms. The van der Waals surface area contributed by atoms with E-state index in [2.05, 4.69) is 4.90 Å². The van der Waals surface area contributed by atoms with E-state index in [1.807, 2.05) is 0 Å². The molecular weight excluding hydrogens is 269 g/mol. The molecular formula is C17H20FNO2. The van der Waals surface area contributed by atoms with Gasteiger partial charge >= 0.3 is 5.97 Å². The fourth-order valence-electron chi connectivity index (χ4n) is 2.60. The van der Waals surface area contributed by atoms with Crippen LogP contribution in [0.15, 0.2) is 24.3 Å². The van der Waals surface area contributed by atoms with Gasteiger partial charge in [-0.05, 0) is 61.8 Å². The average Bonchev–Trinajstić information content (AvgIpc) is 3.31. The lowest BCUT2D eigenvalue weighted by molar-refractivity contribution is -0.131. The predicted octanol–water partition coefficient (Wildman–Crippen LogP) is 3.55. The van der Waals surface area contributed by atoms with Crippen molar-refractivity contribution in [2.24, 2.45) is 11.8 Å². The minimum absolute atomic E-state index is 0.332. The van der Waals surface area contributed by atoms with Crippen molar-refractivity contribution in [3.63, 3.8) is 0 Å². The number of halogens is 1. The molecule has 0 unspecified atom stereocenters. The van der Waals surface area contributed by atoms with Crippen LogP contribution in [-0.4, -0.2) is 24.2 Å². The van der Waals surface area contributed by atoms with E-state index in [1.54, 1.807) is 6.07 Å². The summed E-state index contributed by atoms with van der Waals surface area (Å²) in [4.78, 5) is 13.0. The van der Waals surface area contributed by atoms with Crippen molar-refractivity contribution >= 4 is 17.7 Å². The molecule has 2 fully saturated rings. The maximum Gasteiger partial charge on any atom is 0.328 e. The molecule has 2 aliphatic carbocycles. The second-order valence-corrected chi connectivity index (χ2v) is 6.17. The molecule has 4 heteroatoms. The van der Waals surface area contributed by atoms with E-state index in [4.69, 9.17) is 5.11 Å². The molecule has 0 heterocycles. The van der Waals surface area contributed by atoms with E-state index in [0.717, 1.165) is 36.7 Å². The van der Waals surface area contributed by atoms with Gasteiger partial charge in [0, 0.05) is 30.4 Å². The quantitative estimate of drug-likeness (QED) is 0.780. The highest BCUT2D eigenvalue weighted by molar-refractivity contribution is 5.87. The zero-order valence-electron chi connectivity index (χ0n) is 12.0. The molecule has 0 aromatic heterocycles. The third-order valence-corrected chi connectivity index (χ3v) is 4.09. The fourth-order valence-corrected chi connectivity index (χ4v) is 2.60. The largest absolute Gasteiger partial charge is 0.478 e. The number of nitrogens with zero attached hydrogens (tertiary/aromatic N) is 1. The van der Waals surface area contributed by atoms with Gasteiger partial charge in [0.2, 0.25) is 0 Å². The molecule has 1 aromatic carbocycles. The number of benzene rings is 1. The Balaban J connectivity index is 1.86. The van der Waals surface area contributed by atoms with Crippen LogP contribution in [0.1, 0.15) is 31.2 Å². The highest BCUT2D eigenvalue weighted by Gasteiger charge is 2.30. The summed E-state index contributed by atoms with van der Waals surface area (Å²) in [5.41, 5.74) is 1.60. The van der Waals surface area contributed by atoms with Crippen LogP contribution in [-0.2, 0) is 4.79 Å².